The average molecular weight is 332 g/mol. The maximum Gasteiger partial charge on any atom is 0.275 e. The van der Waals surface area contributed by atoms with Gasteiger partial charge in [0.15, 0.2) is 6.61 Å². The van der Waals surface area contributed by atoms with Crippen molar-refractivity contribution >= 4 is 27.5 Å². The molecule has 0 radical (unpaired) electrons. The summed E-state index contributed by atoms with van der Waals surface area (Å²) >= 11 is 3.28. The molecule has 0 atom stereocenters. The quantitative estimate of drug-likeness (QED) is 0.934. The number of anilines is 1. The number of hydrogen-bond donors (Lipinski definition) is 1. The maximum atomic E-state index is 12.0. The molecule has 1 aromatic heterocycles. The number of ether oxygens (including phenoxy) is 1. The number of pyridine rings is 1. The molecule has 5 nitrogen and oxygen atoms in total. The summed E-state index contributed by atoms with van der Waals surface area (Å²) in [5.41, 5.74) is 0.939. The second-order valence-electron chi connectivity index (χ2n) is 3.76. The summed E-state index contributed by atoms with van der Waals surface area (Å²) in [6.45, 7) is -0.00735. The number of nitriles is 1. The molecule has 2 aromatic rings. The average Bonchev–Trinajstić information content (AvgIpc) is 2.47. The van der Waals surface area contributed by atoms with Crippen LogP contribution in [0.15, 0.2) is 47.1 Å². The van der Waals surface area contributed by atoms with Crippen molar-refractivity contribution in [2.75, 3.05) is 11.9 Å². The van der Waals surface area contributed by atoms with Gasteiger partial charge in [0.2, 0.25) is 0 Å². The van der Waals surface area contributed by atoms with Crippen molar-refractivity contribution in [1.29, 1.82) is 5.26 Å². The maximum absolute atomic E-state index is 12.0. The van der Waals surface area contributed by atoms with Crippen molar-refractivity contribution < 1.29 is 9.53 Å². The minimum Gasteiger partial charge on any atom is -0.479 e. The minimum atomic E-state index is -0.303. The number of amides is 1. The standard InChI is InChI=1S/C14H10BrN3O2/c15-12-2-1-8-17-13(12)14(19)18-10-3-5-11(6-4-10)20-9-7-16/h1-6,8H,9H2,(H,18,19). The molecule has 1 N–H and O–H groups in total. The Bertz CT molecular complexity index is 650. The van der Waals surface area contributed by atoms with E-state index >= 15 is 0 Å². The molecule has 0 aliphatic heterocycles. The Hall–Kier alpha value is -2.39. The van der Waals surface area contributed by atoms with Gasteiger partial charge in [-0.1, -0.05) is 0 Å². The Morgan fingerprint density at radius 1 is 1.35 bits per heavy atom. The Morgan fingerprint density at radius 3 is 2.75 bits per heavy atom. The van der Waals surface area contributed by atoms with Crippen LogP contribution >= 0.6 is 15.9 Å². The van der Waals surface area contributed by atoms with Crippen molar-refractivity contribution in [1.82, 2.24) is 4.98 Å². The van der Waals surface area contributed by atoms with Gasteiger partial charge in [-0.25, -0.2) is 4.98 Å². The summed E-state index contributed by atoms with van der Waals surface area (Å²) in [5, 5.41) is 11.1. The predicted octanol–water partition coefficient (Wildman–Crippen LogP) is 3.00. The molecule has 0 spiro atoms. The van der Waals surface area contributed by atoms with Crippen LogP contribution in [0.2, 0.25) is 0 Å². The van der Waals surface area contributed by atoms with E-state index in [0.717, 1.165) is 0 Å². The molecule has 0 fully saturated rings. The van der Waals surface area contributed by atoms with E-state index in [-0.39, 0.29) is 12.5 Å². The van der Waals surface area contributed by atoms with Crippen LogP contribution in [-0.4, -0.2) is 17.5 Å². The van der Waals surface area contributed by atoms with E-state index < -0.39 is 0 Å². The lowest BCUT2D eigenvalue weighted by Crippen LogP contribution is -2.14. The Labute approximate surface area is 124 Å². The fourth-order valence-electron chi connectivity index (χ4n) is 1.49. The van der Waals surface area contributed by atoms with Crippen LogP contribution in [0.3, 0.4) is 0 Å². The van der Waals surface area contributed by atoms with Gasteiger partial charge in [-0.3, -0.25) is 4.79 Å². The molecule has 1 aromatic carbocycles. The second kappa shape index (κ2) is 6.68. The highest BCUT2D eigenvalue weighted by Gasteiger charge is 2.11. The third-order valence-electron chi connectivity index (χ3n) is 2.39. The normalized spacial score (nSPS) is 9.60. The summed E-state index contributed by atoms with van der Waals surface area (Å²) in [6, 6.07) is 12.1. The van der Waals surface area contributed by atoms with E-state index in [4.69, 9.17) is 10.00 Å². The van der Waals surface area contributed by atoms with E-state index in [9.17, 15) is 4.79 Å². The number of aromatic nitrogens is 1. The molecule has 0 unspecified atom stereocenters. The number of carbonyl (C=O) groups is 1. The van der Waals surface area contributed by atoms with Crippen LogP contribution in [-0.2, 0) is 0 Å². The highest BCUT2D eigenvalue weighted by atomic mass is 79.9. The van der Waals surface area contributed by atoms with Crippen LogP contribution in [0.1, 0.15) is 10.5 Å². The molecule has 0 bridgehead atoms. The van der Waals surface area contributed by atoms with Gasteiger partial charge in [-0.2, -0.15) is 5.26 Å². The second-order valence-corrected chi connectivity index (χ2v) is 4.61. The van der Waals surface area contributed by atoms with Gasteiger partial charge in [-0.05, 0) is 52.3 Å². The smallest absolute Gasteiger partial charge is 0.275 e. The molecule has 0 aliphatic carbocycles. The van der Waals surface area contributed by atoms with Gasteiger partial charge in [-0.15, -0.1) is 0 Å². The van der Waals surface area contributed by atoms with Crippen molar-refractivity contribution in [3.8, 4) is 11.8 Å². The zero-order valence-corrected chi connectivity index (χ0v) is 11.9. The monoisotopic (exact) mass is 331 g/mol. The zero-order valence-electron chi connectivity index (χ0n) is 10.3. The van der Waals surface area contributed by atoms with Crippen LogP contribution in [0, 0.1) is 11.3 Å². The summed E-state index contributed by atoms with van der Waals surface area (Å²) in [4.78, 5) is 16.0. The van der Waals surface area contributed by atoms with Crippen LogP contribution < -0.4 is 10.1 Å². The molecule has 100 valence electrons. The lowest BCUT2D eigenvalue weighted by atomic mass is 10.3. The SMILES string of the molecule is N#CCOc1ccc(NC(=O)c2ncccc2Br)cc1. The molecular formula is C14H10BrN3O2. The third kappa shape index (κ3) is 3.56. The van der Waals surface area contributed by atoms with E-state index in [1.807, 2.05) is 6.07 Å². The molecule has 1 heterocycles. The fraction of sp³-hybridized carbons (Fsp3) is 0.0714. The predicted molar refractivity (Wildman–Crippen MR) is 77.4 cm³/mol. The van der Waals surface area contributed by atoms with Crippen molar-refractivity contribution in [3.63, 3.8) is 0 Å². The van der Waals surface area contributed by atoms with Gasteiger partial charge in [0.25, 0.3) is 5.91 Å². The number of nitrogens with one attached hydrogen (secondary N) is 1. The summed E-state index contributed by atoms with van der Waals surface area (Å²) in [6.07, 6.45) is 1.55. The summed E-state index contributed by atoms with van der Waals surface area (Å²) in [7, 11) is 0. The van der Waals surface area contributed by atoms with Gasteiger partial charge < -0.3 is 10.1 Å². The molecule has 6 heteroatoms. The highest BCUT2D eigenvalue weighted by Crippen LogP contribution is 2.18. The molecule has 20 heavy (non-hydrogen) atoms. The summed E-state index contributed by atoms with van der Waals surface area (Å²) < 4.78 is 5.76. The number of hydrogen-bond acceptors (Lipinski definition) is 4. The van der Waals surface area contributed by atoms with E-state index in [1.165, 1.54) is 0 Å². The Kier molecular flexibility index (Phi) is 4.69. The zero-order chi connectivity index (χ0) is 14.4. The molecule has 0 aliphatic rings. The number of carbonyl (C=O) groups excluding carboxylic acids is 1. The van der Waals surface area contributed by atoms with E-state index in [2.05, 4.69) is 26.2 Å². The van der Waals surface area contributed by atoms with Crippen molar-refractivity contribution in [2.45, 2.75) is 0 Å². The molecular weight excluding hydrogens is 322 g/mol. The lowest BCUT2D eigenvalue weighted by molar-refractivity contribution is 0.102. The largest absolute Gasteiger partial charge is 0.479 e. The van der Waals surface area contributed by atoms with Gasteiger partial charge in [0.1, 0.15) is 17.5 Å². The molecule has 2 rings (SSSR count). The van der Waals surface area contributed by atoms with Gasteiger partial charge >= 0.3 is 0 Å². The number of halogens is 1. The summed E-state index contributed by atoms with van der Waals surface area (Å²) in [5.74, 6) is 0.270. The fourth-order valence-corrected chi connectivity index (χ4v) is 1.93. The molecule has 0 saturated carbocycles. The topological polar surface area (TPSA) is 75.0 Å². The lowest BCUT2D eigenvalue weighted by Gasteiger charge is -2.07. The van der Waals surface area contributed by atoms with Gasteiger partial charge in [0.05, 0.1) is 0 Å². The first-order chi connectivity index (χ1) is 9.70. The van der Waals surface area contributed by atoms with Crippen molar-refractivity contribution in [3.05, 3.63) is 52.8 Å². The van der Waals surface area contributed by atoms with Crippen LogP contribution in [0.25, 0.3) is 0 Å². The first-order valence-corrected chi connectivity index (χ1v) is 6.51. The van der Waals surface area contributed by atoms with Crippen LogP contribution in [0.5, 0.6) is 5.75 Å². The number of benzene rings is 1. The Morgan fingerprint density at radius 2 is 2.10 bits per heavy atom. The number of nitrogens with zero attached hydrogens (tertiary/aromatic N) is 2. The third-order valence-corrected chi connectivity index (χ3v) is 3.03. The van der Waals surface area contributed by atoms with Crippen molar-refractivity contribution in [2.24, 2.45) is 0 Å². The van der Waals surface area contributed by atoms with E-state index in [1.54, 1.807) is 42.6 Å². The Balaban J connectivity index is 2.05. The van der Waals surface area contributed by atoms with Gasteiger partial charge in [0, 0.05) is 16.4 Å². The molecule has 1 amide bonds. The number of rotatable bonds is 4. The molecule has 0 saturated heterocycles. The first kappa shape index (κ1) is 14.0. The minimum absolute atomic E-state index is 0.00735. The first-order valence-electron chi connectivity index (χ1n) is 5.72. The van der Waals surface area contributed by atoms with Crippen LogP contribution in [0.4, 0.5) is 5.69 Å². The van der Waals surface area contributed by atoms with E-state index in [0.29, 0.717) is 21.6 Å². The highest BCUT2D eigenvalue weighted by molar-refractivity contribution is 9.10.